The molecule has 0 saturated heterocycles. The number of hydrogen-bond donors (Lipinski definition) is 2. The molecular weight excluding hydrogens is 178 g/mol. The van der Waals surface area contributed by atoms with Crippen LogP contribution in [0.1, 0.15) is 23.2 Å². The topological polar surface area (TPSA) is 58.9 Å². The largest absolute Gasteiger partial charge is 0.326 e. The van der Waals surface area contributed by atoms with Crippen LogP contribution >= 0.6 is 0 Å². The van der Waals surface area contributed by atoms with Crippen LogP contribution in [-0.4, -0.2) is 4.98 Å². The summed E-state index contributed by atoms with van der Waals surface area (Å²) in [6, 6.07) is 1.11. The quantitative estimate of drug-likeness (QED) is 0.729. The van der Waals surface area contributed by atoms with E-state index in [0.29, 0.717) is 0 Å². The zero-order chi connectivity index (χ0) is 10.0. The summed E-state index contributed by atoms with van der Waals surface area (Å²) >= 11 is 0. The van der Waals surface area contributed by atoms with Gasteiger partial charge >= 0.3 is 0 Å². The first-order chi connectivity index (χ1) is 6.06. The molecular formula is C8H10F2N2O. The number of aromatic nitrogens is 1. The van der Waals surface area contributed by atoms with E-state index in [1.165, 1.54) is 6.92 Å². The number of nitrogens with two attached hydrogens (primary N) is 1. The predicted octanol–water partition coefficient (Wildman–Crippen LogP) is 1.08. The Morgan fingerprint density at radius 1 is 1.62 bits per heavy atom. The van der Waals surface area contributed by atoms with E-state index < -0.39 is 12.0 Å². The Balaban J connectivity index is 3.38. The number of hydrogen-bond acceptors (Lipinski definition) is 2. The third-order valence-electron chi connectivity index (χ3n) is 1.80. The van der Waals surface area contributed by atoms with Gasteiger partial charge in [-0.2, -0.15) is 0 Å². The second-order valence-electron chi connectivity index (χ2n) is 2.70. The summed E-state index contributed by atoms with van der Waals surface area (Å²) in [4.78, 5) is 13.2. The maximum atomic E-state index is 12.4. The van der Waals surface area contributed by atoms with Gasteiger partial charge in [-0.15, -0.1) is 0 Å². The van der Waals surface area contributed by atoms with Crippen molar-refractivity contribution in [2.24, 2.45) is 5.73 Å². The molecule has 5 heteroatoms. The minimum atomic E-state index is -2.60. The van der Waals surface area contributed by atoms with Crippen molar-refractivity contribution in [1.82, 2.24) is 4.98 Å². The van der Waals surface area contributed by atoms with Gasteiger partial charge in [-0.05, 0) is 12.5 Å². The van der Waals surface area contributed by atoms with Crippen molar-refractivity contribution in [3.05, 3.63) is 33.2 Å². The van der Waals surface area contributed by atoms with E-state index in [4.69, 9.17) is 5.73 Å². The first kappa shape index (κ1) is 9.85. The van der Waals surface area contributed by atoms with Crippen LogP contribution in [0, 0.1) is 6.92 Å². The van der Waals surface area contributed by atoms with Crippen LogP contribution in [0.15, 0.2) is 10.9 Å². The first-order valence-corrected chi connectivity index (χ1v) is 3.77. The van der Waals surface area contributed by atoms with Crippen LogP contribution in [0.3, 0.4) is 0 Å². The Bertz CT molecular complexity index is 360. The van der Waals surface area contributed by atoms with Gasteiger partial charge in [-0.25, -0.2) is 8.78 Å². The Hall–Kier alpha value is -1.23. The highest BCUT2D eigenvalue weighted by Gasteiger charge is 2.15. The summed E-state index contributed by atoms with van der Waals surface area (Å²) < 4.78 is 24.9. The second kappa shape index (κ2) is 3.66. The first-order valence-electron chi connectivity index (χ1n) is 3.77. The molecule has 1 heterocycles. The van der Waals surface area contributed by atoms with Gasteiger partial charge in [0.1, 0.15) is 0 Å². The molecule has 0 fully saturated rings. The third kappa shape index (κ3) is 1.92. The fraction of sp³-hybridized carbons (Fsp3) is 0.375. The maximum absolute atomic E-state index is 12.4. The number of aromatic amines is 1. The van der Waals surface area contributed by atoms with E-state index in [9.17, 15) is 13.6 Å². The van der Waals surface area contributed by atoms with Crippen LogP contribution in [0.2, 0.25) is 0 Å². The maximum Gasteiger partial charge on any atom is 0.265 e. The molecule has 1 aromatic heterocycles. The number of nitrogens with one attached hydrogen (secondary N) is 1. The molecule has 72 valence electrons. The fourth-order valence-electron chi connectivity index (χ4n) is 1.24. The summed E-state index contributed by atoms with van der Waals surface area (Å²) in [7, 11) is 0. The smallest absolute Gasteiger partial charge is 0.265 e. The normalized spacial score (nSPS) is 10.8. The van der Waals surface area contributed by atoms with Crippen molar-refractivity contribution in [2.75, 3.05) is 0 Å². The van der Waals surface area contributed by atoms with Crippen molar-refractivity contribution in [2.45, 2.75) is 19.9 Å². The van der Waals surface area contributed by atoms with Gasteiger partial charge in [-0.1, -0.05) is 0 Å². The summed E-state index contributed by atoms with van der Waals surface area (Å²) in [5, 5.41) is 0. The molecule has 0 aliphatic carbocycles. The SMILES string of the molecule is Cc1[nH]c(=O)cc(CN)c1C(F)F. The van der Waals surface area contributed by atoms with E-state index in [1.807, 2.05) is 0 Å². The molecule has 0 unspecified atom stereocenters. The summed E-state index contributed by atoms with van der Waals surface area (Å²) in [5.41, 5.74) is 5.06. The van der Waals surface area contributed by atoms with Crippen LogP contribution in [0.4, 0.5) is 8.78 Å². The molecule has 0 saturated carbocycles. The van der Waals surface area contributed by atoms with Gasteiger partial charge in [0.05, 0.1) is 0 Å². The Morgan fingerprint density at radius 3 is 2.69 bits per heavy atom. The van der Waals surface area contributed by atoms with E-state index in [0.717, 1.165) is 6.07 Å². The molecule has 0 radical (unpaired) electrons. The highest BCUT2D eigenvalue weighted by atomic mass is 19.3. The number of pyridine rings is 1. The number of aryl methyl sites for hydroxylation is 1. The lowest BCUT2D eigenvalue weighted by Gasteiger charge is -2.08. The van der Waals surface area contributed by atoms with Gasteiger partial charge in [0, 0.05) is 23.9 Å². The molecule has 3 N–H and O–H groups in total. The van der Waals surface area contributed by atoms with Crippen molar-refractivity contribution in [3.63, 3.8) is 0 Å². The Kier molecular flexibility index (Phi) is 2.77. The molecule has 3 nitrogen and oxygen atoms in total. The molecule has 1 aromatic rings. The molecule has 0 spiro atoms. The molecule has 13 heavy (non-hydrogen) atoms. The van der Waals surface area contributed by atoms with E-state index in [2.05, 4.69) is 4.98 Å². The Morgan fingerprint density at radius 2 is 2.23 bits per heavy atom. The number of alkyl halides is 2. The minimum Gasteiger partial charge on any atom is -0.326 e. The molecule has 0 amide bonds. The van der Waals surface area contributed by atoms with E-state index in [1.54, 1.807) is 0 Å². The van der Waals surface area contributed by atoms with Crippen molar-refractivity contribution in [3.8, 4) is 0 Å². The highest BCUT2D eigenvalue weighted by molar-refractivity contribution is 5.30. The number of halogens is 2. The fourth-order valence-corrected chi connectivity index (χ4v) is 1.24. The summed E-state index contributed by atoms with van der Waals surface area (Å²) in [6.07, 6.45) is -2.60. The van der Waals surface area contributed by atoms with E-state index >= 15 is 0 Å². The standard InChI is InChI=1S/C8H10F2N2O/c1-4-7(8(9)10)5(3-11)2-6(13)12-4/h2,8H,3,11H2,1H3,(H,12,13). The van der Waals surface area contributed by atoms with Gasteiger partial charge in [-0.3, -0.25) is 4.79 Å². The minimum absolute atomic E-state index is 0.0512. The van der Waals surface area contributed by atoms with Crippen LogP contribution in [-0.2, 0) is 6.54 Å². The Labute approximate surface area is 73.6 Å². The monoisotopic (exact) mass is 188 g/mol. The molecule has 0 aliphatic heterocycles. The van der Waals surface area contributed by atoms with Crippen LogP contribution < -0.4 is 11.3 Å². The van der Waals surface area contributed by atoms with Gasteiger partial charge in [0.15, 0.2) is 0 Å². The van der Waals surface area contributed by atoms with Gasteiger partial charge in [0.2, 0.25) is 5.56 Å². The molecule has 1 rings (SSSR count). The molecule has 0 aliphatic rings. The number of rotatable bonds is 2. The lowest BCUT2D eigenvalue weighted by molar-refractivity contribution is 0.149. The molecule has 0 aromatic carbocycles. The highest BCUT2D eigenvalue weighted by Crippen LogP contribution is 2.23. The third-order valence-corrected chi connectivity index (χ3v) is 1.80. The average Bonchev–Trinajstić information content (AvgIpc) is 2.01. The summed E-state index contributed by atoms with van der Waals surface area (Å²) in [6.45, 7) is 1.38. The van der Waals surface area contributed by atoms with Gasteiger partial charge < -0.3 is 10.7 Å². The average molecular weight is 188 g/mol. The van der Waals surface area contributed by atoms with Gasteiger partial charge in [0.25, 0.3) is 6.43 Å². The summed E-state index contributed by atoms with van der Waals surface area (Å²) in [5.74, 6) is 0. The van der Waals surface area contributed by atoms with Crippen molar-refractivity contribution >= 4 is 0 Å². The lowest BCUT2D eigenvalue weighted by Crippen LogP contribution is -2.14. The van der Waals surface area contributed by atoms with Crippen molar-refractivity contribution < 1.29 is 8.78 Å². The zero-order valence-electron chi connectivity index (χ0n) is 7.10. The predicted molar refractivity (Wildman–Crippen MR) is 44.6 cm³/mol. The van der Waals surface area contributed by atoms with Crippen LogP contribution in [0.5, 0.6) is 0 Å². The molecule has 0 atom stereocenters. The van der Waals surface area contributed by atoms with Crippen LogP contribution in [0.25, 0.3) is 0 Å². The van der Waals surface area contributed by atoms with Crippen molar-refractivity contribution in [1.29, 1.82) is 0 Å². The zero-order valence-corrected chi connectivity index (χ0v) is 7.10. The second-order valence-corrected chi connectivity index (χ2v) is 2.70. The number of H-pyrrole nitrogens is 1. The molecule has 0 bridgehead atoms. The lowest BCUT2D eigenvalue weighted by atomic mass is 10.1. The van der Waals surface area contributed by atoms with E-state index in [-0.39, 0.29) is 23.4 Å².